The molecule has 1 fully saturated rings. The summed E-state index contributed by atoms with van der Waals surface area (Å²) in [6.45, 7) is 9.51. The number of halogens is 1. The van der Waals surface area contributed by atoms with E-state index >= 15 is 0 Å². The lowest BCUT2D eigenvalue weighted by Crippen LogP contribution is -2.50. The van der Waals surface area contributed by atoms with E-state index < -0.39 is 5.60 Å². The van der Waals surface area contributed by atoms with Crippen LogP contribution in [0.15, 0.2) is 18.5 Å². The predicted octanol–water partition coefficient (Wildman–Crippen LogP) is 2.99. The first-order chi connectivity index (χ1) is 12.7. The molecule has 1 amide bonds. The van der Waals surface area contributed by atoms with Crippen molar-refractivity contribution in [1.82, 2.24) is 19.7 Å². The van der Waals surface area contributed by atoms with E-state index in [0.717, 1.165) is 11.3 Å². The van der Waals surface area contributed by atoms with Gasteiger partial charge in [0.2, 0.25) is 0 Å². The molecule has 0 atom stereocenters. The molecule has 0 radical (unpaired) electrons. The summed E-state index contributed by atoms with van der Waals surface area (Å²) in [6.07, 6.45) is 2.68. The Morgan fingerprint density at radius 2 is 1.85 bits per heavy atom. The van der Waals surface area contributed by atoms with Crippen LogP contribution in [0.2, 0.25) is 0 Å². The maximum atomic E-state index is 14.4. The summed E-state index contributed by atoms with van der Waals surface area (Å²) in [7, 11) is 1.84. The van der Waals surface area contributed by atoms with E-state index in [2.05, 4.69) is 10.1 Å². The highest BCUT2D eigenvalue weighted by molar-refractivity contribution is 5.69. The van der Waals surface area contributed by atoms with E-state index in [9.17, 15) is 9.18 Å². The summed E-state index contributed by atoms with van der Waals surface area (Å²) < 4.78 is 21.6. The lowest BCUT2D eigenvalue weighted by molar-refractivity contribution is 0.0240. The average Bonchev–Trinajstić information content (AvgIpc) is 2.93. The largest absolute Gasteiger partial charge is 0.444 e. The van der Waals surface area contributed by atoms with E-state index in [1.165, 1.54) is 6.20 Å². The van der Waals surface area contributed by atoms with Crippen LogP contribution >= 0.6 is 0 Å². The first kappa shape index (κ1) is 19.1. The van der Waals surface area contributed by atoms with Crippen LogP contribution in [-0.2, 0) is 11.8 Å². The zero-order valence-corrected chi connectivity index (χ0v) is 16.5. The van der Waals surface area contributed by atoms with Crippen LogP contribution < -0.4 is 4.90 Å². The Hall–Kier alpha value is -2.64. The predicted molar refractivity (Wildman–Crippen MR) is 101 cm³/mol. The first-order valence-electron chi connectivity index (χ1n) is 9.03. The second kappa shape index (κ2) is 7.17. The molecule has 0 aliphatic carbocycles. The molecular formula is C19H26FN5O2. The summed E-state index contributed by atoms with van der Waals surface area (Å²) in [5.74, 6) is -0.371. The zero-order chi connectivity index (χ0) is 19.8. The van der Waals surface area contributed by atoms with Gasteiger partial charge in [-0.1, -0.05) is 0 Å². The van der Waals surface area contributed by atoms with Crippen molar-refractivity contribution in [3.63, 3.8) is 0 Å². The fourth-order valence-corrected chi connectivity index (χ4v) is 3.17. The third-order valence-corrected chi connectivity index (χ3v) is 4.47. The van der Waals surface area contributed by atoms with Crippen LogP contribution in [0.25, 0.3) is 11.4 Å². The summed E-state index contributed by atoms with van der Waals surface area (Å²) in [4.78, 5) is 20.0. The topological polar surface area (TPSA) is 63.5 Å². The summed E-state index contributed by atoms with van der Waals surface area (Å²) >= 11 is 0. The maximum Gasteiger partial charge on any atom is 0.410 e. The van der Waals surface area contributed by atoms with Gasteiger partial charge in [0.1, 0.15) is 5.60 Å². The van der Waals surface area contributed by atoms with Crippen molar-refractivity contribution in [2.24, 2.45) is 7.05 Å². The lowest BCUT2D eigenvalue weighted by atomic mass is 10.1. The highest BCUT2D eigenvalue weighted by Crippen LogP contribution is 2.28. The van der Waals surface area contributed by atoms with Gasteiger partial charge in [-0.3, -0.25) is 9.67 Å². The molecule has 0 saturated carbocycles. The summed E-state index contributed by atoms with van der Waals surface area (Å²) in [5, 5.41) is 4.23. The Morgan fingerprint density at radius 1 is 1.19 bits per heavy atom. The molecule has 0 N–H and O–H groups in total. The molecule has 3 rings (SSSR count). The van der Waals surface area contributed by atoms with Gasteiger partial charge in [-0.15, -0.1) is 0 Å². The van der Waals surface area contributed by atoms with Crippen LogP contribution in [0.4, 0.5) is 14.9 Å². The minimum absolute atomic E-state index is 0.330. The number of carbonyl (C=O) groups is 1. The molecule has 8 heteroatoms. The first-order valence-corrected chi connectivity index (χ1v) is 9.03. The number of hydrogen-bond donors (Lipinski definition) is 0. The van der Waals surface area contributed by atoms with E-state index in [4.69, 9.17) is 4.74 Å². The van der Waals surface area contributed by atoms with Crippen molar-refractivity contribution in [3.05, 3.63) is 29.8 Å². The smallest absolute Gasteiger partial charge is 0.410 e. The van der Waals surface area contributed by atoms with E-state index in [1.54, 1.807) is 21.8 Å². The Morgan fingerprint density at radius 3 is 2.41 bits per heavy atom. The second-order valence-electron chi connectivity index (χ2n) is 7.78. The monoisotopic (exact) mass is 375 g/mol. The fraction of sp³-hybridized carbons (Fsp3) is 0.526. The van der Waals surface area contributed by atoms with Crippen molar-refractivity contribution < 1.29 is 13.9 Å². The van der Waals surface area contributed by atoms with Gasteiger partial charge in [0.15, 0.2) is 5.82 Å². The van der Waals surface area contributed by atoms with E-state index in [0.29, 0.717) is 37.6 Å². The molecule has 0 aromatic carbocycles. The number of aryl methyl sites for hydroxylation is 2. The number of anilines is 1. The number of nitrogens with zero attached hydrogens (tertiary/aromatic N) is 5. The normalized spacial score (nSPS) is 15.2. The molecule has 1 aliphatic heterocycles. The Bertz CT molecular complexity index is 816. The number of aromatic nitrogens is 3. The number of pyridine rings is 1. The van der Waals surface area contributed by atoms with Gasteiger partial charge < -0.3 is 14.5 Å². The van der Waals surface area contributed by atoms with Gasteiger partial charge in [0.05, 0.1) is 29.5 Å². The SMILES string of the molecule is Cc1cnn(C)c1-c1cc(N2CCN(C(=O)OC(C)(C)C)CC2)c(F)cn1. The minimum Gasteiger partial charge on any atom is -0.444 e. The fourth-order valence-electron chi connectivity index (χ4n) is 3.17. The average molecular weight is 375 g/mol. The van der Waals surface area contributed by atoms with Gasteiger partial charge in [-0.25, -0.2) is 9.18 Å². The quantitative estimate of drug-likeness (QED) is 0.807. The highest BCUT2D eigenvalue weighted by atomic mass is 19.1. The van der Waals surface area contributed by atoms with Crippen LogP contribution in [0.1, 0.15) is 26.3 Å². The third kappa shape index (κ3) is 4.20. The molecule has 146 valence electrons. The molecule has 3 heterocycles. The highest BCUT2D eigenvalue weighted by Gasteiger charge is 2.27. The number of ether oxygens (including phenoxy) is 1. The summed E-state index contributed by atoms with van der Waals surface area (Å²) in [5.41, 5.74) is 2.49. The van der Waals surface area contributed by atoms with Gasteiger partial charge in [-0.2, -0.15) is 5.10 Å². The van der Waals surface area contributed by atoms with Crippen LogP contribution in [0.5, 0.6) is 0 Å². The maximum absolute atomic E-state index is 14.4. The Balaban J connectivity index is 1.75. The second-order valence-corrected chi connectivity index (χ2v) is 7.78. The minimum atomic E-state index is -0.526. The van der Waals surface area contributed by atoms with E-state index in [1.807, 2.05) is 39.6 Å². The van der Waals surface area contributed by atoms with Crippen LogP contribution in [-0.4, -0.2) is 57.5 Å². The lowest BCUT2D eigenvalue weighted by Gasteiger charge is -2.36. The molecular weight excluding hydrogens is 349 g/mol. The Kier molecular flexibility index (Phi) is 5.08. The standard InChI is InChI=1S/C19H26FN5O2/c1-13-11-22-23(5)17(13)15-10-16(14(20)12-21-15)24-6-8-25(9-7-24)18(26)27-19(2,3)4/h10-12H,6-9H2,1-5H3. The molecule has 0 unspecified atom stereocenters. The molecule has 1 aliphatic rings. The van der Waals surface area contributed by atoms with Crippen molar-refractivity contribution in [2.45, 2.75) is 33.3 Å². The van der Waals surface area contributed by atoms with Crippen LogP contribution in [0.3, 0.4) is 0 Å². The number of rotatable bonds is 2. The molecule has 2 aromatic rings. The molecule has 1 saturated heterocycles. The summed E-state index contributed by atoms with van der Waals surface area (Å²) in [6, 6.07) is 1.75. The third-order valence-electron chi connectivity index (χ3n) is 4.47. The number of piperazine rings is 1. The van der Waals surface area contributed by atoms with Gasteiger partial charge in [0.25, 0.3) is 0 Å². The van der Waals surface area contributed by atoms with Crippen LogP contribution in [0, 0.1) is 12.7 Å². The zero-order valence-electron chi connectivity index (χ0n) is 16.5. The molecule has 0 bridgehead atoms. The number of carbonyl (C=O) groups excluding carboxylic acids is 1. The van der Waals surface area contributed by atoms with Crippen molar-refractivity contribution >= 4 is 11.8 Å². The number of amides is 1. The molecule has 27 heavy (non-hydrogen) atoms. The van der Waals surface area contributed by atoms with Gasteiger partial charge in [0, 0.05) is 33.2 Å². The van der Waals surface area contributed by atoms with Gasteiger partial charge >= 0.3 is 6.09 Å². The molecule has 2 aromatic heterocycles. The van der Waals surface area contributed by atoms with Crippen molar-refractivity contribution in [2.75, 3.05) is 31.1 Å². The molecule has 7 nitrogen and oxygen atoms in total. The number of hydrogen-bond acceptors (Lipinski definition) is 5. The van der Waals surface area contributed by atoms with Gasteiger partial charge in [-0.05, 0) is 39.3 Å². The molecule has 0 spiro atoms. The van der Waals surface area contributed by atoms with Crippen molar-refractivity contribution in [1.29, 1.82) is 0 Å². The van der Waals surface area contributed by atoms with Crippen molar-refractivity contribution in [3.8, 4) is 11.4 Å². The Labute approximate surface area is 158 Å². The van der Waals surface area contributed by atoms with E-state index in [-0.39, 0.29) is 11.9 Å².